The molecule has 5 nitrogen and oxygen atoms in total. The predicted octanol–water partition coefficient (Wildman–Crippen LogP) is -0.463. The molecule has 0 spiro atoms. The predicted molar refractivity (Wildman–Crippen MR) is 47.2 cm³/mol. The summed E-state index contributed by atoms with van der Waals surface area (Å²) in [5, 5.41) is 9.58. The van der Waals surface area contributed by atoms with Crippen LogP contribution in [0.15, 0.2) is 0 Å². The third-order valence-corrected chi connectivity index (χ3v) is 2.51. The fourth-order valence-electron chi connectivity index (χ4n) is 1.35. The zero-order valence-corrected chi connectivity index (χ0v) is 7.99. The Kier molecular flexibility index (Phi) is 2.77. The maximum absolute atomic E-state index is 11.1. The standard InChI is InChI=1S/C8H16N2O3/c1-8(9)3-4-10(5-6(8)11)7(12)13-2/h6,11H,3-5,9H2,1-2H3/t6-,8+/m1/s1. The lowest BCUT2D eigenvalue weighted by Crippen LogP contribution is -2.59. The van der Waals surface area contributed by atoms with Crippen LogP contribution in [0.3, 0.4) is 0 Å². The van der Waals surface area contributed by atoms with Gasteiger partial charge in [-0.1, -0.05) is 0 Å². The highest BCUT2D eigenvalue weighted by atomic mass is 16.5. The molecule has 5 heteroatoms. The molecule has 2 atom stereocenters. The molecule has 3 N–H and O–H groups in total. The molecule has 0 radical (unpaired) electrons. The molecule has 1 rings (SSSR count). The van der Waals surface area contributed by atoms with E-state index in [1.54, 1.807) is 6.92 Å². The number of likely N-dealkylation sites (tertiary alicyclic amines) is 1. The van der Waals surface area contributed by atoms with Gasteiger partial charge in [-0.15, -0.1) is 0 Å². The minimum absolute atomic E-state index is 0.250. The second-order valence-corrected chi connectivity index (χ2v) is 3.69. The van der Waals surface area contributed by atoms with Crippen LogP contribution in [0.2, 0.25) is 0 Å². The van der Waals surface area contributed by atoms with Crippen LogP contribution in [-0.4, -0.2) is 47.9 Å². The lowest BCUT2D eigenvalue weighted by atomic mass is 9.88. The first-order chi connectivity index (χ1) is 5.97. The maximum atomic E-state index is 11.1. The number of aliphatic hydroxyl groups excluding tert-OH is 1. The topological polar surface area (TPSA) is 75.8 Å². The van der Waals surface area contributed by atoms with Gasteiger partial charge in [0.25, 0.3) is 0 Å². The van der Waals surface area contributed by atoms with Gasteiger partial charge < -0.3 is 20.5 Å². The van der Waals surface area contributed by atoms with E-state index >= 15 is 0 Å². The quantitative estimate of drug-likeness (QED) is 0.539. The molecule has 0 aliphatic carbocycles. The molecular weight excluding hydrogens is 172 g/mol. The summed E-state index contributed by atoms with van der Waals surface area (Å²) >= 11 is 0. The van der Waals surface area contributed by atoms with Crippen LogP contribution in [0.25, 0.3) is 0 Å². The zero-order chi connectivity index (χ0) is 10.1. The monoisotopic (exact) mass is 188 g/mol. The lowest BCUT2D eigenvalue weighted by molar-refractivity contribution is 0.0119. The van der Waals surface area contributed by atoms with Gasteiger partial charge in [0.05, 0.1) is 19.8 Å². The van der Waals surface area contributed by atoms with E-state index in [0.717, 1.165) is 0 Å². The number of nitrogens with zero attached hydrogens (tertiary/aromatic N) is 1. The maximum Gasteiger partial charge on any atom is 0.409 e. The van der Waals surface area contributed by atoms with E-state index in [1.165, 1.54) is 12.0 Å². The number of methoxy groups -OCH3 is 1. The van der Waals surface area contributed by atoms with Gasteiger partial charge in [-0.2, -0.15) is 0 Å². The number of carbonyl (C=O) groups excluding carboxylic acids is 1. The second kappa shape index (κ2) is 3.51. The number of piperidine rings is 1. The Labute approximate surface area is 77.5 Å². The minimum Gasteiger partial charge on any atom is -0.453 e. The number of aliphatic hydroxyl groups is 1. The Morgan fingerprint density at radius 3 is 2.85 bits per heavy atom. The number of carbonyl (C=O) groups is 1. The van der Waals surface area contributed by atoms with Crippen molar-refractivity contribution in [2.75, 3.05) is 20.2 Å². The highest BCUT2D eigenvalue weighted by Gasteiger charge is 2.36. The van der Waals surface area contributed by atoms with Crippen LogP contribution in [0, 0.1) is 0 Å². The van der Waals surface area contributed by atoms with Gasteiger partial charge >= 0.3 is 6.09 Å². The molecule has 1 amide bonds. The van der Waals surface area contributed by atoms with Crippen LogP contribution in [-0.2, 0) is 4.74 Å². The first-order valence-electron chi connectivity index (χ1n) is 4.27. The summed E-state index contributed by atoms with van der Waals surface area (Å²) in [7, 11) is 1.32. The molecule has 1 fully saturated rings. The first kappa shape index (κ1) is 10.3. The van der Waals surface area contributed by atoms with E-state index in [4.69, 9.17) is 5.73 Å². The summed E-state index contributed by atoms with van der Waals surface area (Å²) in [6.07, 6.45) is -0.501. The van der Waals surface area contributed by atoms with Gasteiger partial charge in [0.2, 0.25) is 0 Å². The molecule has 76 valence electrons. The average Bonchev–Trinajstić information content (AvgIpc) is 2.08. The summed E-state index contributed by atoms with van der Waals surface area (Å²) in [5.74, 6) is 0. The fourth-order valence-corrected chi connectivity index (χ4v) is 1.35. The van der Waals surface area contributed by atoms with Crippen molar-refractivity contribution < 1.29 is 14.6 Å². The van der Waals surface area contributed by atoms with Crippen molar-refractivity contribution in [2.24, 2.45) is 5.73 Å². The Hall–Kier alpha value is -0.810. The van der Waals surface area contributed by atoms with Crippen molar-refractivity contribution in [2.45, 2.75) is 25.0 Å². The molecule has 13 heavy (non-hydrogen) atoms. The van der Waals surface area contributed by atoms with Crippen molar-refractivity contribution in [1.29, 1.82) is 0 Å². The highest BCUT2D eigenvalue weighted by Crippen LogP contribution is 2.19. The molecule has 0 aromatic rings. The first-order valence-corrected chi connectivity index (χ1v) is 4.27. The summed E-state index contributed by atoms with van der Waals surface area (Å²) in [4.78, 5) is 12.5. The van der Waals surface area contributed by atoms with Gasteiger partial charge in [0.1, 0.15) is 0 Å². The molecule has 0 bridgehead atoms. The van der Waals surface area contributed by atoms with Crippen molar-refractivity contribution in [3.05, 3.63) is 0 Å². The Balaban J connectivity index is 2.56. The van der Waals surface area contributed by atoms with Crippen LogP contribution in [0.1, 0.15) is 13.3 Å². The van der Waals surface area contributed by atoms with Gasteiger partial charge in [-0.25, -0.2) is 4.79 Å². The van der Waals surface area contributed by atoms with Gasteiger partial charge in [-0.05, 0) is 13.3 Å². The Bertz CT molecular complexity index is 206. The summed E-state index contributed by atoms with van der Waals surface area (Å²) in [6, 6.07) is 0. The average molecular weight is 188 g/mol. The molecule has 1 aliphatic rings. The summed E-state index contributed by atoms with van der Waals surface area (Å²) in [5.41, 5.74) is 5.20. The number of hydrogen-bond donors (Lipinski definition) is 2. The molecule has 1 heterocycles. The number of amides is 1. The largest absolute Gasteiger partial charge is 0.453 e. The van der Waals surface area contributed by atoms with Crippen molar-refractivity contribution in [3.63, 3.8) is 0 Å². The van der Waals surface area contributed by atoms with E-state index in [-0.39, 0.29) is 6.54 Å². The summed E-state index contributed by atoms with van der Waals surface area (Å²) < 4.78 is 4.54. The normalized spacial score (nSPS) is 34.5. The number of β-amino-alcohol motifs (C(OH)–C–C–N with tert-alkyl or cyclic N) is 1. The van der Waals surface area contributed by atoms with Crippen molar-refractivity contribution in [3.8, 4) is 0 Å². The molecule has 1 saturated heterocycles. The van der Waals surface area contributed by atoms with Gasteiger partial charge in [-0.3, -0.25) is 0 Å². The molecule has 0 aromatic carbocycles. The van der Waals surface area contributed by atoms with Crippen molar-refractivity contribution in [1.82, 2.24) is 4.90 Å². The van der Waals surface area contributed by atoms with E-state index in [9.17, 15) is 9.90 Å². The van der Waals surface area contributed by atoms with Gasteiger partial charge in [0, 0.05) is 12.1 Å². The van der Waals surface area contributed by atoms with Crippen LogP contribution >= 0.6 is 0 Å². The van der Waals surface area contributed by atoms with Crippen LogP contribution < -0.4 is 5.73 Å². The zero-order valence-electron chi connectivity index (χ0n) is 7.99. The van der Waals surface area contributed by atoms with Crippen LogP contribution in [0.5, 0.6) is 0 Å². The molecule has 0 saturated carbocycles. The molecule has 0 aromatic heterocycles. The van der Waals surface area contributed by atoms with Gasteiger partial charge in [0.15, 0.2) is 0 Å². The fraction of sp³-hybridized carbons (Fsp3) is 0.875. The number of rotatable bonds is 0. The van der Waals surface area contributed by atoms with Crippen molar-refractivity contribution >= 4 is 6.09 Å². The van der Waals surface area contributed by atoms with E-state index < -0.39 is 17.7 Å². The SMILES string of the molecule is COC(=O)N1CC[C@](C)(N)[C@H](O)C1. The third kappa shape index (κ3) is 2.10. The second-order valence-electron chi connectivity index (χ2n) is 3.69. The minimum atomic E-state index is -0.680. The van der Waals surface area contributed by atoms with E-state index in [0.29, 0.717) is 13.0 Å². The highest BCUT2D eigenvalue weighted by molar-refractivity contribution is 5.67. The molecule has 0 unspecified atom stereocenters. The molecular formula is C8H16N2O3. The van der Waals surface area contributed by atoms with E-state index in [2.05, 4.69) is 4.74 Å². The summed E-state index contributed by atoms with van der Waals surface area (Å²) in [6.45, 7) is 2.57. The smallest absolute Gasteiger partial charge is 0.409 e. The third-order valence-electron chi connectivity index (χ3n) is 2.51. The lowest BCUT2D eigenvalue weighted by Gasteiger charge is -2.40. The van der Waals surface area contributed by atoms with E-state index in [1.807, 2.05) is 0 Å². The number of nitrogens with two attached hydrogens (primary N) is 1. The Morgan fingerprint density at radius 2 is 2.38 bits per heavy atom. The number of ether oxygens (including phenoxy) is 1. The van der Waals surface area contributed by atoms with Crippen LogP contribution in [0.4, 0.5) is 4.79 Å². The number of hydrogen-bond acceptors (Lipinski definition) is 4. The Morgan fingerprint density at radius 1 is 1.77 bits per heavy atom. The molecule has 1 aliphatic heterocycles.